The maximum atomic E-state index is 13.1. The lowest BCUT2D eigenvalue weighted by Gasteiger charge is -2.31. The highest BCUT2D eigenvalue weighted by atomic mass is 16.1. The highest BCUT2D eigenvalue weighted by Gasteiger charge is 2.37. The lowest BCUT2D eigenvalue weighted by Crippen LogP contribution is -2.33. The molecule has 1 aliphatic carbocycles. The van der Waals surface area contributed by atoms with Crippen molar-refractivity contribution in [2.75, 3.05) is 0 Å². The van der Waals surface area contributed by atoms with Gasteiger partial charge in [0, 0.05) is 17.4 Å². The zero-order valence-electron chi connectivity index (χ0n) is 15.4. The van der Waals surface area contributed by atoms with E-state index < -0.39 is 0 Å². The maximum Gasteiger partial charge on any atom is 0.167 e. The van der Waals surface area contributed by atoms with Gasteiger partial charge in [-0.3, -0.25) is 14.4 Å². The molecule has 2 unspecified atom stereocenters. The smallest absolute Gasteiger partial charge is 0.167 e. The number of carbonyl (C=O) groups excluding carboxylic acids is 3. The zero-order chi connectivity index (χ0) is 17.9. The Kier molecular flexibility index (Phi) is 6.43. The molecule has 3 heteroatoms. The zero-order valence-corrected chi connectivity index (χ0v) is 15.4. The second-order valence-corrected chi connectivity index (χ2v) is 6.97. The summed E-state index contributed by atoms with van der Waals surface area (Å²) in [5, 5.41) is 0. The van der Waals surface area contributed by atoms with Gasteiger partial charge in [0.1, 0.15) is 5.78 Å². The molecule has 0 aliphatic heterocycles. The van der Waals surface area contributed by atoms with E-state index in [1.54, 1.807) is 13.8 Å². The van der Waals surface area contributed by atoms with Gasteiger partial charge >= 0.3 is 0 Å². The third-order valence-corrected chi connectivity index (χ3v) is 4.69. The van der Waals surface area contributed by atoms with E-state index in [4.69, 9.17) is 0 Å². The van der Waals surface area contributed by atoms with Crippen molar-refractivity contribution in [1.82, 2.24) is 0 Å². The number of carbonyl (C=O) groups is 3. The molecule has 23 heavy (non-hydrogen) atoms. The predicted molar refractivity (Wildman–Crippen MR) is 93.1 cm³/mol. The van der Waals surface area contributed by atoms with E-state index in [9.17, 15) is 14.4 Å². The Bertz CT molecular complexity index is 625. The van der Waals surface area contributed by atoms with E-state index in [1.165, 1.54) is 24.1 Å². The summed E-state index contributed by atoms with van der Waals surface area (Å²) in [6.45, 7) is 12.7. The standard InChI is InChI=1S/C20H28O3/c1-11(2)19(14(5)8-15(6)21)20(23)18-10-13(4)12(3)9-17(18)16(7)22/h8,17-18H,9-10H2,1-7H3/b14-8-. The molecule has 0 radical (unpaired) electrons. The van der Waals surface area contributed by atoms with Gasteiger partial charge in [-0.2, -0.15) is 0 Å². The van der Waals surface area contributed by atoms with Gasteiger partial charge in [0.2, 0.25) is 0 Å². The number of rotatable bonds is 5. The SMILES string of the molecule is CC(=O)/C=C(/C)C(C(=O)C1CC(C)=C(C)CC1C(C)=O)=C(C)C. The Balaban J connectivity index is 3.30. The van der Waals surface area contributed by atoms with Gasteiger partial charge in [-0.15, -0.1) is 0 Å². The van der Waals surface area contributed by atoms with Crippen LogP contribution < -0.4 is 0 Å². The van der Waals surface area contributed by atoms with Crippen LogP contribution in [0.2, 0.25) is 0 Å². The summed E-state index contributed by atoms with van der Waals surface area (Å²) in [4.78, 5) is 36.6. The van der Waals surface area contributed by atoms with E-state index in [2.05, 4.69) is 0 Å². The van der Waals surface area contributed by atoms with Gasteiger partial charge < -0.3 is 0 Å². The summed E-state index contributed by atoms with van der Waals surface area (Å²) >= 11 is 0. The molecule has 0 amide bonds. The minimum absolute atomic E-state index is 0.00736. The first-order valence-electron chi connectivity index (χ1n) is 8.12. The van der Waals surface area contributed by atoms with Crippen LogP contribution in [-0.4, -0.2) is 17.3 Å². The molecule has 0 aromatic heterocycles. The van der Waals surface area contributed by atoms with Crippen molar-refractivity contribution in [3.8, 4) is 0 Å². The molecule has 0 saturated carbocycles. The van der Waals surface area contributed by atoms with Gasteiger partial charge in [0.25, 0.3) is 0 Å². The molecule has 0 fully saturated rings. The first-order chi connectivity index (χ1) is 10.6. The average Bonchev–Trinajstić information content (AvgIpc) is 2.39. The van der Waals surface area contributed by atoms with Crippen LogP contribution in [0.25, 0.3) is 0 Å². The van der Waals surface area contributed by atoms with Crippen LogP contribution in [0, 0.1) is 11.8 Å². The lowest BCUT2D eigenvalue weighted by atomic mass is 9.70. The molecule has 0 N–H and O–H groups in total. The van der Waals surface area contributed by atoms with Crippen molar-refractivity contribution in [2.24, 2.45) is 11.8 Å². The Labute approximate surface area is 139 Å². The first kappa shape index (κ1) is 19.3. The third kappa shape index (κ3) is 4.60. The maximum absolute atomic E-state index is 13.1. The minimum atomic E-state index is -0.323. The Hall–Kier alpha value is -1.77. The molecular formula is C20H28O3. The second kappa shape index (κ2) is 7.67. The molecule has 2 atom stereocenters. The summed E-state index contributed by atoms with van der Waals surface area (Å²) in [7, 11) is 0. The van der Waals surface area contributed by atoms with Crippen LogP contribution in [0.3, 0.4) is 0 Å². The molecule has 1 aliphatic rings. The fourth-order valence-electron chi connectivity index (χ4n) is 3.39. The number of hydrogen-bond donors (Lipinski definition) is 0. The van der Waals surface area contributed by atoms with Gasteiger partial charge in [-0.1, -0.05) is 16.7 Å². The van der Waals surface area contributed by atoms with Crippen LogP contribution >= 0.6 is 0 Å². The third-order valence-electron chi connectivity index (χ3n) is 4.69. The van der Waals surface area contributed by atoms with Crippen LogP contribution in [0.4, 0.5) is 0 Å². The Morgan fingerprint density at radius 1 is 0.870 bits per heavy atom. The quantitative estimate of drug-likeness (QED) is 0.430. The van der Waals surface area contributed by atoms with Crippen molar-refractivity contribution in [3.63, 3.8) is 0 Å². The van der Waals surface area contributed by atoms with E-state index in [0.717, 1.165) is 5.57 Å². The van der Waals surface area contributed by atoms with Crippen molar-refractivity contribution in [3.05, 3.63) is 33.9 Å². The van der Waals surface area contributed by atoms with Gasteiger partial charge in [0.15, 0.2) is 11.6 Å². The summed E-state index contributed by atoms with van der Waals surface area (Å²) in [5.74, 6) is -0.599. The summed E-state index contributed by atoms with van der Waals surface area (Å²) in [5.41, 5.74) is 4.58. The first-order valence-corrected chi connectivity index (χ1v) is 8.12. The number of Topliss-reactive ketones (excluding diaryl/α,β-unsaturated/α-hetero) is 2. The highest BCUT2D eigenvalue weighted by Crippen LogP contribution is 2.37. The van der Waals surface area contributed by atoms with Crippen molar-refractivity contribution in [2.45, 2.75) is 61.3 Å². The Morgan fingerprint density at radius 3 is 1.74 bits per heavy atom. The molecule has 126 valence electrons. The summed E-state index contributed by atoms with van der Waals surface area (Å²) < 4.78 is 0. The highest BCUT2D eigenvalue weighted by molar-refractivity contribution is 6.05. The number of allylic oxidation sites excluding steroid dienone is 6. The second-order valence-electron chi connectivity index (χ2n) is 6.97. The number of hydrogen-bond acceptors (Lipinski definition) is 3. The van der Waals surface area contributed by atoms with E-state index in [0.29, 0.717) is 24.0 Å². The Morgan fingerprint density at radius 2 is 1.35 bits per heavy atom. The van der Waals surface area contributed by atoms with Crippen LogP contribution in [0.1, 0.15) is 61.3 Å². The molecule has 0 spiro atoms. The van der Waals surface area contributed by atoms with Crippen molar-refractivity contribution >= 4 is 17.3 Å². The van der Waals surface area contributed by atoms with Gasteiger partial charge in [0.05, 0.1) is 0 Å². The molecule has 3 nitrogen and oxygen atoms in total. The summed E-state index contributed by atoms with van der Waals surface area (Å²) in [6, 6.07) is 0. The molecule has 0 bridgehead atoms. The summed E-state index contributed by atoms with van der Waals surface area (Å²) in [6.07, 6.45) is 2.78. The van der Waals surface area contributed by atoms with Crippen LogP contribution in [0.5, 0.6) is 0 Å². The fourth-order valence-corrected chi connectivity index (χ4v) is 3.39. The van der Waals surface area contributed by atoms with Crippen molar-refractivity contribution in [1.29, 1.82) is 0 Å². The largest absolute Gasteiger partial charge is 0.300 e. The van der Waals surface area contributed by atoms with E-state index in [1.807, 2.05) is 27.7 Å². The average molecular weight is 316 g/mol. The van der Waals surface area contributed by atoms with Gasteiger partial charge in [-0.05, 0) is 73.0 Å². The molecule has 1 rings (SSSR count). The number of ketones is 3. The lowest BCUT2D eigenvalue weighted by molar-refractivity contribution is -0.129. The predicted octanol–water partition coefficient (Wildman–Crippen LogP) is 4.38. The monoisotopic (exact) mass is 316 g/mol. The van der Waals surface area contributed by atoms with Gasteiger partial charge in [-0.25, -0.2) is 0 Å². The van der Waals surface area contributed by atoms with Crippen molar-refractivity contribution < 1.29 is 14.4 Å². The molecule has 0 aromatic carbocycles. The van der Waals surface area contributed by atoms with E-state index in [-0.39, 0.29) is 29.2 Å². The topological polar surface area (TPSA) is 51.2 Å². The molecular weight excluding hydrogens is 288 g/mol. The van der Waals surface area contributed by atoms with Crippen LogP contribution in [-0.2, 0) is 14.4 Å². The molecule has 0 saturated heterocycles. The normalized spacial score (nSPS) is 22.0. The van der Waals surface area contributed by atoms with Crippen LogP contribution in [0.15, 0.2) is 33.9 Å². The minimum Gasteiger partial charge on any atom is -0.300 e. The molecule has 0 aromatic rings. The van der Waals surface area contributed by atoms with E-state index >= 15 is 0 Å². The molecule has 0 heterocycles. The fraction of sp³-hybridized carbons (Fsp3) is 0.550.